The third kappa shape index (κ3) is 5.09. The first kappa shape index (κ1) is 18.9. The van der Waals surface area contributed by atoms with Crippen LogP contribution in [-0.2, 0) is 19.1 Å². The van der Waals surface area contributed by atoms with Gasteiger partial charge < -0.3 is 20.7 Å². The lowest BCUT2D eigenvalue weighted by atomic mass is 9.81. The molecule has 0 aromatic heterocycles. The normalized spacial score (nSPS) is 14.7. The molecule has 0 saturated carbocycles. The molecule has 0 rings (SSSR count). The Morgan fingerprint density at radius 3 is 2.33 bits per heavy atom. The first-order valence-electron chi connectivity index (χ1n) is 6.49. The van der Waals surface area contributed by atoms with Gasteiger partial charge in [-0.1, -0.05) is 13.8 Å². The zero-order chi connectivity index (χ0) is 16.6. The Hall–Kier alpha value is -2.05. The van der Waals surface area contributed by atoms with E-state index in [2.05, 4.69) is 10.1 Å². The first-order chi connectivity index (χ1) is 9.71. The quantitative estimate of drug-likeness (QED) is 0.358. The van der Waals surface area contributed by atoms with Gasteiger partial charge in [-0.05, 0) is 19.3 Å². The topological polar surface area (TPSA) is 129 Å². The Balaban J connectivity index is 5.27. The van der Waals surface area contributed by atoms with Gasteiger partial charge in [-0.2, -0.15) is 4.79 Å². The summed E-state index contributed by atoms with van der Waals surface area (Å²) in [6.07, 6.45) is -0.396. The highest BCUT2D eigenvalue weighted by Crippen LogP contribution is 2.24. The Labute approximate surface area is 123 Å². The molecule has 2 atom stereocenters. The molecule has 21 heavy (non-hydrogen) atoms. The zero-order valence-corrected chi connectivity index (χ0v) is 12.6. The number of carboxylic acids is 1. The largest absolute Gasteiger partial charge is 0.479 e. The van der Waals surface area contributed by atoms with Crippen LogP contribution in [0.25, 0.3) is 5.53 Å². The van der Waals surface area contributed by atoms with E-state index in [1.807, 2.05) is 0 Å². The van der Waals surface area contributed by atoms with Crippen molar-refractivity contribution in [1.29, 1.82) is 0 Å². The van der Waals surface area contributed by atoms with Gasteiger partial charge in [0.05, 0.1) is 0 Å². The molecule has 0 radical (unpaired) electrons. The summed E-state index contributed by atoms with van der Waals surface area (Å²) in [5, 5.41) is 11.9. The number of carbonyl (C=O) groups excluding carboxylic acids is 2. The van der Waals surface area contributed by atoms with Crippen LogP contribution in [0.2, 0.25) is 0 Å². The standard InChI is InChI=1S/C13H21N3O5/c1-8(2)13(12(19)20,6-5-10(17)7-15-14)16-11(18)9(3)21-4/h7-9H,5-6H2,1-4H3,(H,16,18)(H,19,20)/t9-,13-/m0/s1. The number of methoxy groups -OCH3 is 1. The first-order valence-corrected chi connectivity index (χ1v) is 6.49. The van der Waals surface area contributed by atoms with Crippen LogP contribution in [0, 0.1) is 5.92 Å². The number of carboxylic acid groups (broad SMARTS) is 1. The number of nitrogens with one attached hydrogen (secondary N) is 1. The van der Waals surface area contributed by atoms with Crippen molar-refractivity contribution in [3.63, 3.8) is 0 Å². The highest BCUT2D eigenvalue weighted by molar-refractivity contribution is 6.25. The maximum absolute atomic E-state index is 11.9. The average Bonchev–Trinajstić information content (AvgIpc) is 2.41. The predicted octanol–water partition coefficient (Wildman–Crippen LogP) is 0.267. The van der Waals surface area contributed by atoms with Crippen LogP contribution in [0.3, 0.4) is 0 Å². The van der Waals surface area contributed by atoms with Crippen molar-refractivity contribution in [2.45, 2.75) is 45.3 Å². The van der Waals surface area contributed by atoms with Crippen molar-refractivity contribution in [1.82, 2.24) is 5.32 Å². The third-order valence-corrected chi connectivity index (χ3v) is 3.40. The smallest absolute Gasteiger partial charge is 0.329 e. The summed E-state index contributed by atoms with van der Waals surface area (Å²) in [7, 11) is 1.34. The number of carbonyl (C=O) groups is 3. The maximum atomic E-state index is 11.9. The summed E-state index contributed by atoms with van der Waals surface area (Å²) in [5.41, 5.74) is 6.69. The Morgan fingerprint density at radius 2 is 1.95 bits per heavy atom. The number of aliphatic carboxylic acids is 1. The van der Waals surface area contributed by atoms with Crippen LogP contribution in [-0.4, -0.2) is 52.5 Å². The number of Topliss-reactive ketones (excluding diaryl/α,β-unsaturated/α-hetero) is 1. The maximum Gasteiger partial charge on any atom is 0.329 e. The lowest BCUT2D eigenvalue weighted by Gasteiger charge is -2.34. The second kappa shape index (κ2) is 8.28. The van der Waals surface area contributed by atoms with Crippen LogP contribution in [0.1, 0.15) is 33.6 Å². The molecule has 0 aliphatic rings. The predicted molar refractivity (Wildman–Crippen MR) is 73.7 cm³/mol. The molecule has 0 saturated heterocycles. The Bertz CT molecular complexity index is 457. The van der Waals surface area contributed by atoms with Crippen LogP contribution in [0.4, 0.5) is 0 Å². The van der Waals surface area contributed by atoms with Crippen molar-refractivity contribution in [2.24, 2.45) is 5.92 Å². The summed E-state index contributed by atoms with van der Waals surface area (Å²) in [4.78, 5) is 37.5. The second-order valence-corrected chi connectivity index (χ2v) is 5.01. The van der Waals surface area contributed by atoms with E-state index in [-0.39, 0.29) is 12.8 Å². The minimum Gasteiger partial charge on any atom is -0.479 e. The number of amides is 1. The van der Waals surface area contributed by atoms with Crippen molar-refractivity contribution in [3.05, 3.63) is 5.53 Å². The molecular weight excluding hydrogens is 278 g/mol. The molecule has 0 bridgehead atoms. The van der Waals surface area contributed by atoms with Crippen LogP contribution in [0.5, 0.6) is 0 Å². The minimum atomic E-state index is -1.59. The van der Waals surface area contributed by atoms with Gasteiger partial charge in [0.15, 0.2) is 0 Å². The summed E-state index contributed by atoms with van der Waals surface area (Å²) in [6, 6.07) is 0. The summed E-state index contributed by atoms with van der Waals surface area (Å²) in [5.74, 6) is -2.79. The van der Waals surface area contributed by atoms with Gasteiger partial charge in [0.25, 0.3) is 0 Å². The lowest BCUT2D eigenvalue weighted by Crippen LogP contribution is -2.60. The molecule has 0 aliphatic heterocycles. The summed E-state index contributed by atoms with van der Waals surface area (Å²) < 4.78 is 4.86. The monoisotopic (exact) mass is 299 g/mol. The van der Waals surface area contributed by atoms with Gasteiger partial charge in [0.2, 0.25) is 11.7 Å². The van der Waals surface area contributed by atoms with E-state index >= 15 is 0 Å². The van der Waals surface area contributed by atoms with Crippen molar-refractivity contribution in [3.8, 4) is 0 Å². The summed E-state index contributed by atoms with van der Waals surface area (Å²) >= 11 is 0. The average molecular weight is 299 g/mol. The molecule has 0 spiro atoms. The van der Waals surface area contributed by atoms with Gasteiger partial charge >= 0.3 is 12.2 Å². The van der Waals surface area contributed by atoms with Gasteiger partial charge in [-0.25, -0.2) is 4.79 Å². The molecule has 1 amide bonds. The zero-order valence-electron chi connectivity index (χ0n) is 12.6. The van der Waals surface area contributed by atoms with Gasteiger partial charge in [0, 0.05) is 13.5 Å². The molecule has 2 N–H and O–H groups in total. The van der Waals surface area contributed by atoms with Crippen molar-refractivity contribution in [2.75, 3.05) is 7.11 Å². The number of ketones is 1. The molecule has 8 nitrogen and oxygen atoms in total. The highest BCUT2D eigenvalue weighted by atomic mass is 16.5. The van der Waals surface area contributed by atoms with E-state index in [1.54, 1.807) is 13.8 Å². The minimum absolute atomic E-state index is 0.118. The van der Waals surface area contributed by atoms with Gasteiger partial charge in [-0.3, -0.25) is 9.59 Å². The molecule has 0 fully saturated rings. The van der Waals surface area contributed by atoms with E-state index in [0.29, 0.717) is 6.21 Å². The molecule has 0 aromatic carbocycles. The van der Waals surface area contributed by atoms with E-state index in [0.717, 1.165) is 0 Å². The van der Waals surface area contributed by atoms with Crippen LogP contribution < -0.4 is 5.32 Å². The number of hydrogen-bond donors (Lipinski definition) is 2. The second-order valence-electron chi connectivity index (χ2n) is 5.01. The van der Waals surface area contributed by atoms with Gasteiger partial charge in [-0.15, -0.1) is 0 Å². The molecule has 0 unspecified atom stereocenters. The number of ether oxygens (including phenoxy) is 1. The van der Waals surface area contributed by atoms with E-state index in [1.165, 1.54) is 14.0 Å². The molecular formula is C13H21N3O5. The molecule has 8 heteroatoms. The number of hydrogen-bond acceptors (Lipinski definition) is 4. The van der Waals surface area contributed by atoms with E-state index in [4.69, 9.17) is 10.3 Å². The highest BCUT2D eigenvalue weighted by Gasteiger charge is 2.44. The fourth-order valence-corrected chi connectivity index (χ4v) is 1.78. The number of nitrogens with zero attached hydrogens (tertiary/aromatic N) is 2. The summed E-state index contributed by atoms with van der Waals surface area (Å²) in [6.45, 7) is 4.76. The van der Waals surface area contributed by atoms with Crippen molar-refractivity contribution >= 4 is 23.9 Å². The fraction of sp³-hybridized carbons (Fsp3) is 0.692. The van der Waals surface area contributed by atoms with Crippen LogP contribution >= 0.6 is 0 Å². The lowest BCUT2D eigenvalue weighted by molar-refractivity contribution is -0.152. The Kier molecular flexibility index (Phi) is 7.48. The van der Waals surface area contributed by atoms with Crippen molar-refractivity contribution < 1.29 is 29.0 Å². The number of rotatable bonds is 9. The fourth-order valence-electron chi connectivity index (χ4n) is 1.78. The van der Waals surface area contributed by atoms with Crippen LogP contribution in [0.15, 0.2) is 0 Å². The molecule has 0 aromatic rings. The molecule has 118 valence electrons. The van der Waals surface area contributed by atoms with E-state index in [9.17, 15) is 19.5 Å². The SMILES string of the molecule is CO[C@@H](C)C(=O)N[C@](CCC(=O)C=[N+]=[N-])(C(=O)O)C(C)C. The third-order valence-electron chi connectivity index (χ3n) is 3.40. The van der Waals surface area contributed by atoms with Gasteiger partial charge in [0.1, 0.15) is 11.6 Å². The molecule has 0 heterocycles. The molecule has 0 aliphatic carbocycles. The Morgan fingerprint density at radius 1 is 1.38 bits per heavy atom. The van der Waals surface area contributed by atoms with E-state index < -0.39 is 35.2 Å².